The van der Waals surface area contributed by atoms with Crippen molar-refractivity contribution in [2.75, 3.05) is 6.61 Å². The van der Waals surface area contributed by atoms with Gasteiger partial charge in [-0.3, -0.25) is 19.7 Å². The highest BCUT2D eigenvalue weighted by Crippen LogP contribution is 2.37. The number of ether oxygens (including phenoxy) is 2. The Bertz CT molecular complexity index is 668. The van der Waals surface area contributed by atoms with E-state index in [-0.39, 0.29) is 54.6 Å². The van der Waals surface area contributed by atoms with Crippen molar-refractivity contribution >= 4 is 17.6 Å². The predicted octanol–water partition coefficient (Wildman–Crippen LogP) is -1.13. The molecule has 2 saturated heterocycles. The van der Waals surface area contributed by atoms with E-state index in [1.54, 1.807) is 0 Å². The summed E-state index contributed by atoms with van der Waals surface area (Å²) in [6, 6.07) is 0. The molecule has 5 N–H and O–H groups in total. The Morgan fingerprint density at radius 1 is 1.03 bits per heavy atom. The molecule has 176 valence electrons. The van der Waals surface area contributed by atoms with Crippen molar-refractivity contribution in [3.63, 3.8) is 0 Å². The SMILES string of the molecule is CC1CC(C)C(=O)[C@H]([C@H](CC2CC(=O)NC(=O)C2)OC2OC(CO)C(O)C(O)C2O)C1. The quantitative estimate of drug-likeness (QED) is 0.320. The molecule has 1 aliphatic carbocycles. The monoisotopic (exact) mass is 443 g/mol. The Labute approximate surface area is 180 Å². The van der Waals surface area contributed by atoms with Crippen molar-refractivity contribution in [1.82, 2.24) is 5.32 Å². The van der Waals surface area contributed by atoms with E-state index in [1.807, 2.05) is 13.8 Å². The van der Waals surface area contributed by atoms with Gasteiger partial charge in [-0.1, -0.05) is 13.8 Å². The van der Waals surface area contributed by atoms with Crippen LogP contribution in [0.4, 0.5) is 0 Å². The lowest BCUT2D eigenvalue weighted by Crippen LogP contribution is -2.60. The number of Topliss-reactive ketones (excluding diaryl/α,β-unsaturated/α-hetero) is 1. The van der Waals surface area contributed by atoms with Crippen LogP contribution in [0.5, 0.6) is 0 Å². The highest BCUT2D eigenvalue weighted by Gasteiger charge is 2.47. The zero-order valence-electron chi connectivity index (χ0n) is 17.8. The molecular formula is C21H33NO9. The first-order valence-electron chi connectivity index (χ1n) is 10.9. The maximum atomic E-state index is 13.0. The summed E-state index contributed by atoms with van der Waals surface area (Å²) >= 11 is 0. The van der Waals surface area contributed by atoms with Crippen LogP contribution in [0.2, 0.25) is 0 Å². The molecule has 3 rings (SSSR count). The zero-order chi connectivity index (χ0) is 22.9. The second-order valence-electron chi connectivity index (χ2n) is 9.34. The lowest BCUT2D eigenvalue weighted by Gasteiger charge is -2.43. The highest BCUT2D eigenvalue weighted by molar-refractivity contribution is 5.97. The molecule has 3 fully saturated rings. The Kier molecular flexibility index (Phi) is 7.82. The maximum Gasteiger partial charge on any atom is 0.226 e. The van der Waals surface area contributed by atoms with Gasteiger partial charge in [0.25, 0.3) is 0 Å². The van der Waals surface area contributed by atoms with Gasteiger partial charge in [0.15, 0.2) is 6.29 Å². The van der Waals surface area contributed by atoms with E-state index < -0.39 is 49.3 Å². The second kappa shape index (κ2) is 10.0. The molecule has 2 amide bonds. The van der Waals surface area contributed by atoms with Gasteiger partial charge in [0, 0.05) is 24.7 Å². The molecule has 0 spiro atoms. The number of carbonyl (C=O) groups excluding carboxylic acids is 3. The van der Waals surface area contributed by atoms with Gasteiger partial charge in [0.05, 0.1) is 12.7 Å². The first-order valence-corrected chi connectivity index (χ1v) is 10.9. The number of nitrogens with one attached hydrogen (secondary N) is 1. The van der Waals surface area contributed by atoms with Gasteiger partial charge >= 0.3 is 0 Å². The average molecular weight is 443 g/mol. The second-order valence-corrected chi connectivity index (χ2v) is 9.34. The molecule has 9 atom stereocenters. The average Bonchev–Trinajstić information content (AvgIpc) is 2.69. The van der Waals surface area contributed by atoms with Crippen LogP contribution in [-0.2, 0) is 23.9 Å². The zero-order valence-corrected chi connectivity index (χ0v) is 17.8. The highest BCUT2D eigenvalue weighted by atomic mass is 16.7. The lowest BCUT2D eigenvalue weighted by molar-refractivity contribution is -0.315. The van der Waals surface area contributed by atoms with Gasteiger partial charge in [-0.25, -0.2) is 0 Å². The fraction of sp³-hybridized carbons (Fsp3) is 0.857. The van der Waals surface area contributed by atoms with Gasteiger partial charge < -0.3 is 29.9 Å². The summed E-state index contributed by atoms with van der Waals surface area (Å²) in [5, 5.41) is 42.2. The molecule has 2 aliphatic heterocycles. The van der Waals surface area contributed by atoms with E-state index >= 15 is 0 Å². The number of ketones is 1. The molecule has 2 heterocycles. The third-order valence-corrected chi connectivity index (χ3v) is 6.66. The molecule has 0 bridgehead atoms. The van der Waals surface area contributed by atoms with E-state index in [4.69, 9.17) is 9.47 Å². The molecule has 10 heteroatoms. The summed E-state index contributed by atoms with van der Waals surface area (Å²) in [4.78, 5) is 36.6. The number of carbonyl (C=O) groups is 3. The number of rotatable bonds is 6. The Morgan fingerprint density at radius 3 is 2.29 bits per heavy atom. The molecule has 0 radical (unpaired) electrons. The van der Waals surface area contributed by atoms with Crippen molar-refractivity contribution in [2.24, 2.45) is 23.7 Å². The maximum absolute atomic E-state index is 13.0. The first-order chi connectivity index (χ1) is 14.6. The molecule has 0 aromatic carbocycles. The number of aliphatic hydroxyl groups is 4. The molecule has 0 aromatic heterocycles. The third kappa shape index (κ3) is 5.50. The van der Waals surface area contributed by atoms with Crippen LogP contribution >= 0.6 is 0 Å². The van der Waals surface area contributed by atoms with Gasteiger partial charge in [0.2, 0.25) is 11.8 Å². The van der Waals surface area contributed by atoms with E-state index in [9.17, 15) is 34.8 Å². The predicted molar refractivity (Wildman–Crippen MR) is 105 cm³/mol. The van der Waals surface area contributed by atoms with Crippen molar-refractivity contribution in [3.8, 4) is 0 Å². The molecule has 31 heavy (non-hydrogen) atoms. The summed E-state index contributed by atoms with van der Waals surface area (Å²) in [6.07, 6.45) is -6.21. The van der Waals surface area contributed by atoms with E-state index in [2.05, 4.69) is 5.32 Å². The van der Waals surface area contributed by atoms with E-state index in [1.165, 1.54) is 0 Å². The topological polar surface area (TPSA) is 163 Å². The fourth-order valence-electron chi connectivity index (χ4n) is 5.08. The van der Waals surface area contributed by atoms with Crippen LogP contribution in [0.15, 0.2) is 0 Å². The van der Waals surface area contributed by atoms with Crippen LogP contribution < -0.4 is 5.32 Å². The fourth-order valence-corrected chi connectivity index (χ4v) is 5.08. The van der Waals surface area contributed by atoms with Crippen LogP contribution in [0.3, 0.4) is 0 Å². The first kappa shape index (κ1) is 24.2. The summed E-state index contributed by atoms with van der Waals surface area (Å²) in [7, 11) is 0. The summed E-state index contributed by atoms with van der Waals surface area (Å²) in [5.41, 5.74) is 0. The van der Waals surface area contributed by atoms with Gasteiger partial charge in [-0.15, -0.1) is 0 Å². The number of piperidine rings is 1. The molecule has 7 unspecified atom stereocenters. The number of imide groups is 1. The minimum atomic E-state index is -1.60. The van der Waals surface area contributed by atoms with Gasteiger partial charge in [-0.05, 0) is 31.1 Å². The molecule has 10 nitrogen and oxygen atoms in total. The Morgan fingerprint density at radius 2 is 1.68 bits per heavy atom. The molecule has 3 aliphatic rings. The summed E-state index contributed by atoms with van der Waals surface area (Å²) < 4.78 is 11.5. The lowest BCUT2D eigenvalue weighted by atomic mass is 9.71. The van der Waals surface area contributed by atoms with Crippen LogP contribution in [0.1, 0.15) is 46.0 Å². The largest absolute Gasteiger partial charge is 0.394 e. The van der Waals surface area contributed by atoms with Crippen LogP contribution in [-0.4, -0.2) is 81.4 Å². The normalized spacial score (nSPS) is 41.2. The molecule has 1 saturated carbocycles. The van der Waals surface area contributed by atoms with Crippen molar-refractivity contribution in [3.05, 3.63) is 0 Å². The number of hydrogen-bond donors (Lipinski definition) is 5. The number of amides is 2. The smallest absolute Gasteiger partial charge is 0.226 e. The minimum Gasteiger partial charge on any atom is -0.394 e. The number of aliphatic hydroxyl groups excluding tert-OH is 4. The Balaban J connectivity index is 1.82. The standard InChI is InChI=1S/C21H33NO9/c1-9-3-10(2)17(26)12(4-9)13(5-11-6-15(24)22-16(25)7-11)30-21-20(29)19(28)18(27)14(8-23)31-21/h9-14,18-21,23,27-29H,3-8H2,1-2H3,(H,22,24,25)/t9?,10?,12-,13-,14?,18?,19?,20?,21?/m0/s1. The van der Waals surface area contributed by atoms with Crippen LogP contribution in [0.25, 0.3) is 0 Å². The summed E-state index contributed by atoms with van der Waals surface area (Å²) in [5.74, 6) is -1.53. The minimum absolute atomic E-state index is 0.0132. The Hall–Kier alpha value is -1.43. The van der Waals surface area contributed by atoms with Crippen LogP contribution in [0, 0.1) is 23.7 Å². The van der Waals surface area contributed by atoms with Gasteiger partial charge in [0.1, 0.15) is 30.2 Å². The molecular weight excluding hydrogens is 410 g/mol. The van der Waals surface area contributed by atoms with E-state index in [0.717, 1.165) is 6.42 Å². The third-order valence-electron chi connectivity index (χ3n) is 6.66. The number of hydrogen-bond acceptors (Lipinski definition) is 9. The van der Waals surface area contributed by atoms with E-state index in [0.29, 0.717) is 6.42 Å². The summed E-state index contributed by atoms with van der Waals surface area (Å²) in [6.45, 7) is 3.30. The van der Waals surface area contributed by atoms with Crippen molar-refractivity contribution < 1.29 is 44.3 Å². The van der Waals surface area contributed by atoms with Gasteiger partial charge in [-0.2, -0.15) is 0 Å². The molecule has 0 aromatic rings. The van der Waals surface area contributed by atoms with Crippen molar-refractivity contribution in [2.45, 2.75) is 82.8 Å². The van der Waals surface area contributed by atoms with Crippen molar-refractivity contribution in [1.29, 1.82) is 0 Å².